The molecule has 2 nitrogen and oxygen atoms in total. The van der Waals surface area contributed by atoms with Gasteiger partial charge in [0.05, 0.1) is 0 Å². The second kappa shape index (κ2) is 3.47. The van der Waals surface area contributed by atoms with E-state index in [1.165, 1.54) is 10.8 Å². The molecule has 0 radical (unpaired) electrons. The molecule has 0 atom stereocenters. The summed E-state index contributed by atoms with van der Waals surface area (Å²) in [5.74, 6) is 0. The molecule has 2 heteroatoms. The van der Waals surface area contributed by atoms with Crippen molar-refractivity contribution < 1.29 is 4.57 Å². The Hall–Kier alpha value is -1.88. The predicted molar refractivity (Wildman–Crippen MR) is 54.5 cm³/mol. The maximum Gasteiger partial charge on any atom is 0.234 e. The van der Waals surface area contributed by atoms with Crippen molar-refractivity contribution >= 4 is 10.8 Å². The van der Waals surface area contributed by atoms with Crippen molar-refractivity contribution in [2.45, 2.75) is 13.5 Å². The fraction of sp³-hybridized carbons (Fsp3) is 0.167. The zero-order valence-corrected chi connectivity index (χ0v) is 8.07. The lowest BCUT2D eigenvalue weighted by Gasteiger charge is -1.98. The molecule has 0 bridgehead atoms. The molecule has 0 fully saturated rings. The minimum Gasteiger partial charge on any atom is -0.191 e. The number of nitriles is 1. The van der Waals surface area contributed by atoms with Crippen molar-refractivity contribution in [3.8, 4) is 6.07 Å². The van der Waals surface area contributed by atoms with Gasteiger partial charge in [-0.2, -0.15) is 9.83 Å². The number of benzene rings is 1. The van der Waals surface area contributed by atoms with Crippen LogP contribution in [0.1, 0.15) is 5.69 Å². The first-order valence-electron chi connectivity index (χ1n) is 4.57. The van der Waals surface area contributed by atoms with Crippen LogP contribution in [0.2, 0.25) is 0 Å². The number of fused-ring (bicyclic) bond motifs is 1. The second-order valence-corrected chi connectivity index (χ2v) is 3.33. The van der Waals surface area contributed by atoms with Crippen LogP contribution in [0, 0.1) is 18.3 Å². The minimum atomic E-state index is 0.413. The summed E-state index contributed by atoms with van der Waals surface area (Å²) in [5, 5.41) is 11.0. The summed E-state index contributed by atoms with van der Waals surface area (Å²) in [6, 6.07) is 12.4. The Morgan fingerprint density at radius 2 is 2.00 bits per heavy atom. The third-order valence-corrected chi connectivity index (χ3v) is 2.35. The average Bonchev–Trinajstić information content (AvgIpc) is 2.19. The second-order valence-electron chi connectivity index (χ2n) is 3.33. The molecule has 1 aromatic carbocycles. The summed E-state index contributed by atoms with van der Waals surface area (Å²) >= 11 is 0. The Kier molecular flexibility index (Phi) is 2.16. The summed E-state index contributed by atoms with van der Waals surface area (Å²) in [5.41, 5.74) is 1.12. The lowest BCUT2D eigenvalue weighted by Crippen LogP contribution is -2.35. The van der Waals surface area contributed by atoms with Crippen LogP contribution >= 0.6 is 0 Å². The topological polar surface area (TPSA) is 27.7 Å². The first kappa shape index (κ1) is 8.71. The Morgan fingerprint density at radius 1 is 1.29 bits per heavy atom. The van der Waals surface area contributed by atoms with E-state index < -0.39 is 0 Å². The fourth-order valence-electron chi connectivity index (χ4n) is 1.58. The molecule has 1 heterocycles. The molecule has 0 saturated heterocycles. The molecular weight excluding hydrogens is 172 g/mol. The molecular formula is C12H11N2+. The van der Waals surface area contributed by atoms with Crippen molar-refractivity contribution in [3.63, 3.8) is 0 Å². The van der Waals surface area contributed by atoms with Gasteiger partial charge in [0.15, 0.2) is 11.9 Å². The third-order valence-electron chi connectivity index (χ3n) is 2.35. The van der Waals surface area contributed by atoms with Crippen LogP contribution in [0.3, 0.4) is 0 Å². The first-order chi connectivity index (χ1) is 6.81. The predicted octanol–water partition coefficient (Wildman–Crippen LogP) is 1.96. The number of hydrogen-bond donors (Lipinski definition) is 0. The van der Waals surface area contributed by atoms with Gasteiger partial charge in [-0.3, -0.25) is 0 Å². The van der Waals surface area contributed by atoms with Gasteiger partial charge >= 0.3 is 0 Å². The van der Waals surface area contributed by atoms with Gasteiger partial charge in [0.1, 0.15) is 6.07 Å². The van der Waals surface area contributed by atoms with Gasteiger partial charge in [-0.1, -0.05) is 18.2 Å². The van der Waals surface area contributed by atoms with Crippen LogP contribution in [-0.2, 0) is 6.54 Å². The van der Waals surface area contributed by atoms with Crippen molar-refractivity contribution in [3.05, 3.63) is 42.2 Å². The zero-order chi connectivity index (χ0) is 9.97. The normalized spacial score (nSPS) is 10.0. The maximum atomic E-state index is 8.65. The highest BCUT2D eigenvalue weighted by Crippen LogP contribution is 2.11. The van der Waals surface area contributed by atoms with Crippen LogP contribution in [0.25, 0.3) is 10.8 Å². The largest absolute Gasteiger partial charge is 0.234 e. The van der Waals surface area contributed by atoms with E-state index in [1.807, 2.05) is 29.8 Å². The van der Waals surface area contributed by atoms with Crippen molar-refractivity contribution in [2.75, 3.05) is 0 Å². The van der Waals surface area contributed by atoms with Gasteiger partial charge in [-0.15, -0.1) is 0 Å². The number of nitrogens with zero attached hydrogens (tertiary/aromatic N) is 2. The number of aromatic nitrogens is 1. The lowest BCUT2D eigenvalue weighted by atomic mass is 10.1. The molecule has 2 aromatic rings. The number of hydrogen-bond acceptors (Lipinski definition) is 1. The third kappa shape index (κ3) is 1.45. The highest BCUT2D eigenvalue weighted by molar-refractivity contribution is 5.80. The number of rotatable bonds is 1. The molecule has 0 unspecified atom stereocenters. The molecule has 0 spiro atoms. The zero-order valence-electron chi connectivity index (χ0n) is 8.07. The Balaban J connectivity index is 2.66. The van der Waals surface area contributed by atoms with Crippen LogP contribution in [-0.4, -0.2) is 0 Å². The minimum absolute atomic E-state index is 0.413. The molecule has 1 aromatic heterocycles. The summed E-state index contributed by atoms with van der Waals surface area (Å²) in [7, 11) is 0. The van der Waals surface area contributed by atoms with Crippen molar-refractivity contribution in [1.29, 1.82) is 5.26 Å². The molecule has 0 saturated carbocycles. The van der Waals surface area contributed by atoms with Crippen molar-refractivity contribution in [2.24, 2.45) is 0 Å². The van der Waals surface area contributed by atoms with E-state index in [1.54, 1.807) is 0 Å². The average molecular weight is 183 g/mol. The molecule has 0 aliphatic carbocycles. The summed E-state index contributed by atoms with van der Waals surface area (Å²) in [6.07, 6.45) is 2.02. The van der Waals surface area contributed by atoms with Gasteiger partial charge < -0.3 is 0 Å². The molecule has 0 N–H and O–H groups in total. The van der Waals surface area contributed by atoms with Crippen LogP contribution in [0.4, 0.5) is 0 Å². The van der Waals surface area contributed by atoms with Gasteiger partial charge in [0.25, 0.3) is 0 Å². The van der Waals surface area contributed by atoms with Gasteiger partial charge in [-0.05, 0) is 11.5 Å². The molecule has 68 valence electrons. The molecule has 14 heavy (non-hydrogen) atoms. The van der Waals surface area contributed by atoms with Crippen LogP contribution in [0.15, 0.2) is 36.5 Å². The summed E-state index contributed by atoms with van der Waals surface area (Å²) in [4.78, 5) is 0. The lowest BCUT2D eigenvalue weighted by molar-refractivity contribution is -0.689. The molecule has 0 aliphatic rings. The smallest absolute Gasteiger partial charge is 0.191 e. The monoisotopic (exact) mass is 183 g/mol. The molecule has 0 aliphatic heterocycles. The van der Waals surface area contributed by atoms with Crippen LogP contribution in [0.5, 0.6) is 0 Å². The Labute approximate surface area is 83.0 Å². The fourth-order valence-corrected chi connectivity index (χ4v) is 1.58. The highest BCUT2D eigenvalue weighted by Gasteiger charge is 2.06. The van der Waals surface area contributed by atoms with Gasteiger partial charge in [0.2, 0.25) is 6.54 Å². The number of pyridine rings is 1. The summed E-state index contributed by atoms with van der Waals surface area (Å²) < 4.78 is 1.96. The molecule has 2 rings (SSSR count). The van der Waals surface area contributed by atoms with E-state index in [9.17, 15) is 0 Å². The highest BCUT2D eigenvalue weighted by atomic mass is 14.9. The molecule has 0 amide bonds. The Bertz CT molecular complexity index is 509. The van der Waals surface area contributed by atoms with E-state index in [2.05, 4.69) is 24.3 Å². The quantitative estimate of drug-likeness (QED) is 0.621. The van der Waals surface area contributed by atoms with E-state index in [4.69, 9.17) is 5.26 Å². The van der Waals surface area contributed by atoms with Crippen molar-refractivity contribution in [1.82, 2.24) is 0 Å². The standard InChI is InChI=1S/C12H11N2/c1-10-8-11-4-2-3-5-12(11)9-14(10)7-6-13/h2-5,8-9H,7H2,1H3/q+1. The van der Waals surface area contributed by atoms with E-state index in [-0.39, 0.29) is 0 Å². The first-order valence-corrected chi connectivity index (χ1v) is 4.57. The van der Waals surface area contributed by atoms with E-state index in [0.717, 1.165) is 5.69 Å². The van der Waals surface area contributed by atoms with E-state index >= 15 is 0 Å². The summed E-state index contributed by atoms with van der Waals surface area (Å²) in [6.45, 7) is 2.43. The maximum absolute atomic E-state index is 8.65. The number of aryl methyl sites for hydroxylation is 1. The van der Waals surface area contributed by atoms with Crippen LogP contribution < -0.4 is 4.57 Å². The van der Waals surface area contributed by atoms with E-state index in [0.29, 0.717) is 6.54 Å². The van der Waals surface area contributed by atoms with Gasteiger partial charge in [-0.25, -0.2) is 0 Å². The SMILES string of the molecule is Cc1cc2ccccc2c[n+]1CC#N. The Morgan fingerprint density at radius 3 is 2.71 bits per heavy atom. The van der Waals surface area contributed by atoms with Gasteiger partial charge in [0, 0.05) is 18.4 Å².